The summed E-state index contributed by atoms with van der Waals surface area (Å²) in [5.74, 6) is 0. The lowest BCUT2D eigenvalue weighted by atomic mass is 10.2. The average molecular weight is 298 g/mol. The van der Waals surface area contributed by atoms with E-state index in [9.17, 15) is 10.1 Å². The number of hydrogen-bond donors (Lipinski definition) is 1. The lowest BCUT2D eigenvalue weighted by Crippen LogP contribution is -2.06. The van der Waals surface area contributed by atoms with E-state index in [2.05, 4.69) is 10.3 Å². The monoisotopic (exact) mass is 297 g/mol. The van der Waals surface area contributed by atoms with Crippen LogP contribution in [0.15, 0.2) is 23.6 Å². The molecular weight excluding hydrogens is 286 g/mol. The van der Waals surface area contributed by atoms with Crippen LogP contribution in [0.1, 0.15) is 10.7 Å². The Labute approximate surface area is 119 Å². The molecule has 0 amide bonds. The molecule has 2 aromatic rings. The molecule has 1 heterocycles. The molecule has 0 atom stereocenters. The largest absolute Gasteiger partial charge is 0.379 e. The molecule has 0 aliphatic heterocycles. The first-order valence-corrected chi connectivity index (χ1v) is 6.91. The van der Waals surface area contributed by atoms with Crippen molar-refractivity contribution in [1.29, 1.82) is 0 Å². The fraction of sp³-hybridized carbons (Fsp3) is 0.250. The first-order chi connectivity index (χ1) is 9.06. The molecule has 1 N–H and O–H groups in total. The molecule has 0 fully saturated rings. The highest BCUT2D eigenvalue weighted by Crippen LogP contribution is 2.27. The van der Waals surface area contributed by atoms with Gasteiger partial charge in [-0.2, -0.15) is 0 Å². The minimum absolute atomic E-state index is 0.0275. The molecule has 5 nitrogen and oxygen atoms in total. The van der Waals surface area contributed by atoms with Gasteiger partial charge in [-0.3, -0.25) is 10.1 Å². The third-order valence-corrected chi connectivity index (χ3v) is 3.74. The Balaban J connectivity index is 2.02. The van der Waals surface area contributed by atoms with E-state index in [-0.39, 0.29) is 5.69 Å². The summed E-state index contributed by atoms with van der Waals surface area (Å²) in [4.78, 5) is 14.8. The number of aromatic nitrogens is 1. The van der Waals surface area contributed by atoms with Gasteiger partial charge in [-0.15, -0.1) is 11.3 Å². The van der Waals surface area contributed by atoms with Gasteiger partial charge >= 0.3 is 0 Å². The van der Waals surface area contributed by atoms with Crippen LogP contribution in [-0.2, 0) is 6.42 Å². The molecule has 2 rings (SSSR count). The summed E-state index contributed by atoms with van der Waals surface area (Å²) in [5.41, 5.74) is 1.46. The van der Waals surface area contributed by atoms with Crippen molar-refractivity contribution >= 4 is 34.3 Å². The minimum atomic E-state index is -0.424. The van der Waals surface area contributed by atoms with Crippen LogP contribution in [0.3, 0.4) is 0 Å². The van der Waals surface area contributed by atoms with Gasteiger partial charge in [-0.25, -0.2) is 4.98 Å². The first-order valence-electron chi connectivity index (χ1n) is 5.65. The number of hydrogen-bond acceptors (Lipinski definition) is 5. The van der Waals surface area contributed by atoms with Crippen LogP contribution >= 0.6 is 22.9 Å². The molecular formula is C12H12ClN3O2S. The van der Waals surface area contributed by atoms with Crippen molar-refractivity contribution in [3.8, 4) is 0 Å². The molecule has 0 aliphatic carbocycles. The molecule has 0 aliphatic rings. The normalized spacial score (nSPS) is 10.4. The Bertz CT molecular complexity index is 600. The molecule has 1 aromatic carbocycles. The number of nitro groups is 1. The van der Waals surface area contributed by atoms with Crippen molar-refractivity contribution in [2.45, 2.75) is 13.3 Å². The maximum absolute atomic E-state index is 10.9. The summed E-state index contributed by atoms with van der Waals surface area (Å²) < 4.78 is 0. The van der Waals surface area contributed by atoms with Crippen molar-refractivity contribution < 1.29 is 4.92 Å². The number of aryl methyl sites for hydroxylation is 1. The van der Waals surface area contributed by atoms with E-state index in [0.717, 1.165) is 17.1 Å². The molecule has 7 heteroatoms. The van der Waals surface area contributed by atoms with Gasteiger partial charge < -0.3 is 5.32 Å². The number of halogens is 1. The third kappa shape index (κ3) is 3.65. The summed E-state index contributed by atoms with van der Waals surface area (Å²) >= 11 is 7.44. The van der Waals surface area contributed by atoms with E-state index >= 15 is 0 Å². The summed E-state index contributed by atoms with van der Waals surface area (Å²) in [6.45, 7) is 2.52. The smallest absolute Gasteiger partial charge is 0.292 e. The topological polar surface area (TPSA) is 68.1 Å². The molecule has 19 heavy (non-hydrogen) atoms. The quantitative estimate of drug-likeness (QED) is 0.675. The van der Waals surface area contributed by atoms with Gasteiger partial charge in [-0.05, 0) is 19.1 Å². The minimum Gasteiger partial charge on any atom is -0.379 e. The Morgan fingerprint density at radius 1 is 1.53 bits per heavy atom. The van der Waals surface area contributed by atoms with E-state index < -0.39 is 4.92 Å². The van der Waals surface area contributed by atoms with E-state index in [4.69, 9.17) is 11.6 Å². The molecule has 0 saturated heterocycles. The summed E-state index contributed by atoms with van der Waals surface area (Å²) in [5, 5.41) is 17.4. The number of nitrogens with zero attached hydrogens (tertiary/aromatic N) is 2. The predicted octanol–water partition coefficient (Wildman–Crippen LogP) is 3.67. The SMILES string of the molecule is Cc1csc(CCNc2cc(Cl)ccc2[N+](=O)[O-])n1. The van der Waals surface area contributed by atoms with E-state index in [1.54, 1.807) is 17.4 Å². The van der Waals surface area contributed by atoms with Crippen LogP contribution in [-0.4, -0.2) is 16.5 Å². The first kappa shape index (κ1) is 13.8. The Kier molecular flexibility index (Phi) is 4.34. The number of anilines is 1. The highest BCUT2D eigenvalue weighted by molar-refractivity contribution is 7.09. The lowest BCUT2D eigenvalue weighted by Gasteiger charge is -2.06. The van der Waals surface area contributed by atoms with Gasteiger partial charge in [0.2, 0.25) is 0 Å². The molecule has 0 unspecified atom stereocenters. The van der Waals surface area contributed by atoms with Gasteiger partial charge in [-0.1, -0.05) is 11.6 Å². The molecule has 0 radical (unpaired) electrons. The standard InChI is InChI=1S/C12H12ClN3O2S/c1-8-7-19-12(15-8)4-5-14-10-6-9(13)2-3-11(10)16(17)18/h2-3,6-7,14H,4-5H2,1H3. The van der Waals surface area contributed by atoms with Crippen LogP contribution in [0, 0.1) is 17.0 Å². The number of nitro benzene ring substituents is 1. The van der Waals surface area contributed by atoms with Crippen LogP contribution in [0.4, 0.5) is 11.4 Å². The predicted molar refractivity (Wildman–Crippen MR) is 77.2 cm³/mol. The van der Waals surface area contributed by atoms with Gasteiger partial charge in [0.1, 0.15) is 5.69 Å². The van der Waals surface area contributed by atoms with Gasteiger partial charge in [0.15, 0.2) is 0 Å². The number of rotatable bonds is 5. The van der Waals surface area contributed by atoms with Crippen molar-refractivity contribution in [3.05, 3.63) is 49.4 Å². The summed E-state index contributed by atoms with van der Waals surface area (Å²) in [7, 11) is 0. The fourth-order valence-electron chi connectivity index (χ4n) is 1.63. The highest BCUT2D eigenvalue weighted by Gasteiger charge is 2.13. The van der Waals surface area contributed by atoms with Crippen LogP contribution in [0.25, 0.3) is 0 Å². The summed E-state index contributed by atoms with van der Waals surface area (Å²) in [6.07, 6.45) is 0.724. The van der Waals surface area contributed by atoms with Crippen molar-refractivity contribution in [3.63, 3.8) is 0 Å². The zero-order valence-corrected chi connectivity index (χ0v) is 11.8. The van der Waals surface area contributed by atoms with Crippen molar-refractivity contribution in [2.75, 3.05) is 11.9 Å². The Hall–Kier alpha value is -1.66. The Morgan fingerprint density at radius 3 is 2.95 bits per heavy atom. The summed E-state index contributed by atoms with van der Waals surface area (Å²) in [6, 6.07) is 4.47. The molecule has 100 valence electrons. The van der Waals surface area contributed by atoms with Crippen LogP contribution in [0.5, 0.6) is 0 Å². The van der Waals surface area contributed by atoms with E-state index in [1.807, 2.05) is 12.3 Å². The second-order valence-corrected chi connectivity index (χ2v) is 5.36. The zero-order valence-electron chi connectivity index (χ0n) is 10.2. The maximum Gasteiger partial charge on any atom is 0.292 e. The average Bonchev–Trinajstić information content (AvgIpc) is 2.75. The lowest BCUT2D eigenvalue weighted by molar-refractivity contribution is -0.384. The van der Waals surface area contributed by atoms with Crippen LogP contribution in [0.2, 0.25) is 5.02 Å². The molecule has 0 spiro atoms. The van der Waals surface area contributed by atoms with Gasteiger partial charge in [0.25, 0.3) is 5.69 Å². The van der Waals surface area contributed by atoms with Gasteiger partial charge in [0, 0.05) is 35.1 Å². The highest BCUT2D eigenvalue weighted by atomic mass is 35.5. The molecule has 0 saturated carbocycles. The number of benzene rings is 1. The number of nitrogens with one attached hydrogen (secondary N) is 1. The van der Waals surface area contributed by atoms with Crippen molar-refractivity contribution in [1.82, 2.24) is 4.98 Å². The second-order valence-electron chi connectivity index (χ2n) is 3.98. The maximum atomic E-state index is 10.9. The fourth-order valence-corrected chi connectivity index (χ4v) is 2.58. The van der Waals surface area contributed by atoms with E-state index in [0.29, 0.717) is 17.3 Å². The van der Waals surface area contributed by atoms with Crippen molar-refractivity contribution in [2.24, 2.45) is 0 Å². The molecule has 1 aromatic heterocycles. The number of thiazole rings is 1. The Morgan fingerprint density at radius 2 is 2.32 bits per heavy atom. The molecule has 0 bridgehead atoms. The zero-order chi connectivity index (χ0) is 13.8. The van der Waals surface area contributed by atoms with Crippen LogP contribution < -0.4 is 5.32 Å². The van der Waals surface area contributed by atoms with E-state index in [1.165, 1.54) is 12.1 Å². The second kappa shape index (κ2) is 5.99. The third-order valence-electron chi connectivity index (χ3n) is 2.48. The van der Waals surface area contributed by atoms with Gasteiger partial charge in [0.05, 0.1) is 9.93 Å².